The van der Waals surface area contributed by atoms with Crippen LogP contribution in [-0.4, -0.2) is 13.2 Å². The van der Waals surface area contributed by atoms with Gasteiger partial charge in [-0.05, 0) is 23.7 Å². The quantitative estimate of drug-likeness (QED) is 0.480. The molecule has 1 nitrogen and oxygen atoms in total. The van der Waals surface area contributed by atoms with Gasteiger partial charge in [-0.1, -0.05) is 13.8 Å². The van der Waals surface area contributed by atoms with Crippen LogP contribution in [0.15, 0.2) is 0 Å². The highest BCUT2D eigenvalue weighted by molar-refractivity contribution is 4.98. The van der Waals surface area contributed by atoms with Gasteiger partial charge in [-0.2, -0.15) is 0 Å². The van der Waals surface area contributed by atoms with Crippen LogP contribution in [0.5, 0.6) is 0 Å². The predicted octanol–water partition coefficient (Wildman–Crippen LogP) is 1.68. The van der Waals surface area contributed by atoms with Crippen LogP contribution in [0, 0.1) is 17.3 Å². The van der Waals surface area contributed by atoms with Crippen molar-refractivity contribution in [3.8, 4) is 0 Å². The first-order valence-corrected chi connectivity index (χ1v) is 3.79. The lowest BCUT2D eigenvalue weighted by Gasteiger charge is -2.55. The fraction of sp³-hybridized carbons (Fsp3) is 1.00. The van der Waals surface area contributed by atoms with Crippen molar-refractivity contribution < 1.29 is 4.74 Å². The summed E-state index contributed by atoms with van der Waals surface area (Å²) >= 11 is 0. The lowest BCUT2D eigenvalue weighted by atomic mass is 9.54. The zero-order valence-electron chi connectivity index (χ0n) is 6.18. The largest absolute Gasteiger partial charge is 0.381 e. The average molecular weight is 126 g/mol. The molecule has 0 amide bonds. The molecule has 1 saturated carbocycles. The van der Waals surface area contributed by atoms with E-state index in [1.165, 1.54) is 6.42 Å². The molecule has 2 saturated heterocycles. The Hall–Kier alpha value is -0.0400. The standard InChI is InChI=1S/C8H14O/c1-8(2)6-3-7(8)5-9-4-6/h6-7H,3-5H2,1-2H3. The smallest absolute Gasteiger partial charge is 0.0499 e. The molecule has 2 aliphatic heterocycles. The van der Waals surface area contributed by atoms with E-state index in [0.29, 0.717) is 5.41 Å². The minimum absolute atomic E-state index is 0.609. The fourth-order valence-electron chi connectivity index (χ4n) is 2.04. The van der Waals surface area contributed by atoms with Gasteiger partial charge in [-0.25, -0.2) is 0 Å². The molecule has 2 unspecified atom stereocenters. The summed E-state index contributed by atoms with van der Waals surface area (Å²) in [4.78, 5) is 0. The summed E-state index contributed by atoms with van der Waals surface area (Å²) in [5.74, 6) is 1.74. The second-order valence-electron chi connectivity index (χ2n) is 3.99. The van der Waals surface area contributed by atoms with Crippen molar-refractivity contribution in [3.05, 3.63) is 0 Å². The maximum absolute atomic E-state index is 5.37. The second kappa shape index (κ2) is 1.51. The van der Waals surface area contributed by atoms with Crippen LogP contribution >= 0.6 is 0 Å². The molecular weight excluding hydrogens is 112 g/mol. The van der Waals surface area contributed by atoms with Crippen LogP contribution in [0.1, 0.15) is 20.3 Å². The maximum atomic E-state index is 5.37. The van der Waals surface area contributed by atoms with E-state index >= 15 is 0 Å². The Labute approximate surface area is 56.4 Å². The van der Waals surface area contributed by atoms with E-state index in [-0.39, 0.29) is 0 Å². The number of ether oxygens (including phenoxy) is 1. The van der Waals surface area contributed by atoms with Crippen LogP contribution in [0.2, 0.25) is 0 Å². The van der Waals surface area contributed by atoms with Gasteiger partial charge in [-0.15, -0.1) is 0 Å². The van der Waals surface area contributed by atoms with Crippen molar-refractivity contribution in [2.75, 3.05) is 13.2 Å². The first-order chi connectivity index (χ1) is 4.21. The highest BCUT2D eigenvalue weighted by Crippen LogP contribution is 2.53. The summed E-state index contributed by atoms with van der Waals surface area (Å²) in [5.41, 5.74) is 0.609. The molecule has 9 heavy (non-hydrogen) atoms. The molecular formula is C8H14O. The summed E-state index contributed by atoms with van der Waals surface area (Å²) in [6, 6.07) is 0. The molecule has 0 spiro atoms. The number of hydrogen-bond acceptors (Lipinski definition) is 1. The third-order valence-electron chi connectivity index (χ3n) is 3.31. The van der Waals surface area contributed by atoms with Crippen LogP contribution in [-0.2, 0) is 4.74 Å². The number of rotatable bonds is 0. The molecule has 52 valence electrons. The van der Waals surface area contributed by atoms with E-state index in [9.17, 15) is 0 Å². The van der Waals surface area contributed by atoms with Crippen molar-refractivity contribution in [2.24, 2.45) is 17.3 Å². The zero-order valence-corrected chi connectivity index (χ0v) is 6.18. The molecule has 0 aromatic carbocycles. The Kier molecular flexibility index (Phi) is 0.963. The third kappa shape index (κ3) is 0.586. The summed E-state index contributed by atoms with van der Waals surface area (Å²) in [6.45, 7) is 6.77. The normalized spacial score (nSPS) is 46.0. The van der Waals surface area contributed by atoms with Crippen molar-refractivity contribution in [1.82, 2.24) is 0 Å². The fourth-order valence-corrected chi connectivity index (χ4v) is 2.04. The minimum Gasteiger partial charge on any atom is -0.381 e. The van der Waals surface area contributed by atoms with E-state index in [4.69, 9.17) is 4.74 Å². The Morgan fingerprint density at radius 3 is 2.00 bits per heavy atom. The Bertz CT molecular complexity index is 113. The van der Waals surface area contributed by atoms with Gasteiger partial charge in [0.05, 0.1) is 0 Å². The molecule has 3 rings (SSSR count). The molecule has 2 bridgehead atoms. The summed E-state index contributed by atoms with van der Waals surface area (Å²) in [5, 5.41) is 0. The molecule has 0 N–H and O–H groups in total. The monoisotopic (exact) mass is 126 g/mol. The summed E-state index contributed by atoms with van der Waals surface area (Å²) < 4.78 is 5.37. The van der Waals surface area contributed by atoms with E-state index < -0.39 is 0 Å². The van der Waals surface area contributed by atoms with Crippen molar-refractivity contribution in [2.45, 2.75) is 20.3 Å². The number of fused-ring (bicyclic) bond motifs is 2. The molecule has 0 aromatic rings. The Balaban J connectivity index is 2.13. The summed E-state index contributed by atoms with van der Waals surface area (Å²) in [6.07, 6.45) is 1.42. The SMILES string of the molecule is CC1(C)C2COCC1C2. The lowest BCUT2D eigenvalue weighted by Crippen LogP contribution is -2.53. The topological polar surface area (TPSA) is 9.23 Å². The molecule has 1 heteroatoms. The van der Waals surface area contributed by atoms with Gasteiger partial charge in [-0.3, -0.25) is 0 Å². The molecule has 0 radical (unpaired) electrons. The zero-order chi connectivity index (χ0) is 6.48. The van der Waals surface area contributed by atoms with E-state index in [2.05, 4.69) is 13.8 Å². The molecule has 1 aliphatic carbocycles. The highest BCUT2D eigenvalue weighted by atomic mass is 16.5. The van der Waals surface area contributed by atoms with Gasteiger partial charge in [0, 0.05) is 13.2 Å². The Morgan fingerprint density at radius 1 is 1.22 bits per heavy atom. The molecule has 3 fully saturated rings. The second-order valence-corrected chi connectivity index (χ2v) is 3.99. The predicted molar refractivity (Wildman–Crippen MR) is 36.2 cm³/mol. The van der Waals surface area contributed by atoms with Gasteiger partial charge in [0.1, 0.15) is 0 Å². The van der Waals surface area contributed by atoms with Crippen molar-refractivity contribution >= 4 is 0 Å². The van der Waals surface area contributed by atoms with Gasteiger partial charge >= 0.3 is 0 Å². The van der Waals surface area contributed by atoms with Crippen LogP contribution < -0.4 is 0 Å². The third-order valence-corrected chi connectivity index (χ3v) is 3.31. The van der Waals surface area contributed by atoms with E-state index in [0.717, 1.165) is 25.0 Å². The first kappa shape index (κ1) is 5.72. The Morgan fingerprint density at radius 2 is 1.78 bits per heavy atom. The minimum atomic E-state index is 0.609. The lowest BCUT2D eigenvalue weighted by molar-refractivity contribution is -0.161. The highest BCUT2D eigenvalue weighted by Gasteiger charge is 2.50. The summed E-state index contributed by atoms with van der Waals surface area (Å²) in [7, 11) is 0. The van der Waals surface area contributed by atoms with Crippen molar-refractivity contribution in [3.63, 3.8) is 0 Å². The van der Waals surface area contributed by atoms with Crippen LogP contribution in [0.25, 0.3) is 0 Å². The van der Waals surface area contributed by atoms with Crippen LogP contribution in [0.4, 0.5) is 0 Å². The van der Waals surface area contributed by atoms with Gasteiger partial charge in [0.15, 0.2) is 0 Å². The van der Waals surface area contributed by atoms with Gasteiger partial charge in [0.25, 0.3) is 0 Å². The molecule has 3 aliphatic rings. The van der Waals surface area contributed by atoms with Crippen LogP contribution in [0.3, 0.4) is 0 Å². The average Bonchev–Trinajstić information content (AvgIpc) is 1.89. The van der Waals surface area contributed by atoms with Crippen molar-refractivity contribution in [1.29, 1.82) is 0 Å². The number of hydrogen-bond donors (Lipinski definition) is 0. The van der Waals surface area contributed by atoms with E-state index in [1.54, 1.807) is 0 Å². The van der Waals surface area contributed by atoms with Gasteiger partial charge < -0.3 is 4.74 Å². The van der Waals surface area contributed by atoms with E-state index in [1.807, 2.05) is 0 Å². The van der Waals surface area contributed by atoms with Gasteiger partial charge in [0.2, 0.25) is 0 Å². The molecule has 0 aromatic heterocycles. The maximum Gasteiger partial charge on any atom is 0.0499 e. The first-order valence-electron chi connectivity index (χ1n) is 3.79. The molecule has 2 atom stereocenters. The molecule has 2 heterocycles.